The molecule has 30 heavy (non-hydrogen) atoms. The largest absolute Gasteiger partial charge is 0.338 e. The molecule has 1 aromatic heterocycles. The summed E-state index contributed by atoms with van der Waals surface area (Å²) in [6, 6.07) is 16.2. The van der Waals surface area contributed by atoms with Crippen LogP contribution in [0.2, 0.25) is 0 Å². The second-order valence-electron chi connectivity index (χ2n) is 7.01. The first-order chi connectivity index (χ1) is 14.5. The molecule has 1 spiro atoms. The van der Waals surface area contributed by atoms with Gasteiger partial charge in [0.15, 0.2) is 0 Å². The highest BCUT2D eigenvalue weighted by molar-refractivity contribution is 7.91. The molecule has 0 radical (unpaired) electrons. The molecule has 1 saturated heterocycles. The van der Waals surface area contributed by atoms with Crippen LogP contribution in [0.1, 0.15) is 12.0 Å². The van der Waals surface area contributed by atoms with Crippen LogP contribution in [0.3, 0.4) is 0 Å². The van der Waals surface area contributed by atoms with E-state index in [-0.39, 0.29) is 9.79 Å². The van der Waals surface area contributed by atoms with Crippen LogP contribution in [0, 0.1) is 0 Å². The number of sulfone groups is 1. The molecule has 3 heterocycles. The predicted octanol–water partition coefficient (Wildman–Crippen LogP) is 3.18. The van der Waals surface area contributed by atoms with Gasteiger partial charge < -0.3 is 9.47 Å². The summed E-state index contributed by atoms with van der Waals surface area (Å²) in [7, 11) is -3.77. The van der Waals surface area contributed by atoms with E-state index in [1.165, 1.54) is 17.0 Å². The minimum atomic E-state index is -3.77. The lowest BCUT2D eigenvalue weighted by Gasteiger charge is -2.32. The standard InChI is InChI=1S/C22H18N2O5S/c25-21-22(28-13-4-14-29-22)19-15-18(30(26,27)17-5-2-1-3-6-17)7-8-20(19)24(21)16-9-11-23-12-10-16/h1-3,5-12,15H,4,13-14H2. The number of carbonyl (C=O) groups is 1. The molecule has 2 aromatic carbocycles. The zero-order valence-electron chi connectivity index (χ0n) is 15.9. The molecule has 2 aliphatic rings. The van der Waals surface area contributed by atoms with Gasteiger partial charge in [-0.3, -0.25) is 14.7 Å². The van der Waals surface area contributed by atoms with Crippen LogP contribution < -0.4 is 4.90 Å². The van der Waals surface area contributed by atoms with Crippen molar-refractivity contribution in [2.24, 2.45) is 0 Å². The average Bonchev–Trinajstić information content (AvgIpc) is 3.03. The van der Waals surface area contributed by atoms with Gasteiger partial charge in [0.2, 0.25) is 9.84 Å². The number of pyridine rings is 1. The SMILES string of the molecule is O=C1N(c2ccncc2)c2ccc(S(=O)(=O)c3ccccc3)cc2C12OCCCO2. The molecular weight excluding hydrogens is 404 g/mol. The number of benzene rings is 2. The van der Waals surface area contributed by atoms with Gasteiger partial charge in [0, 0.05) is 18.0 Å². The van der Waals surface area contributed by atoms with Crippen LogP contribution in [0.25, 0.3) is 0 Å². The first-order valence-electron chi connectivity index (χ1n) is 9.51. The number of fused-ring (bicyclic) bond motifs is 2. The fraction of sp³-hybridized carbons (Fsp3) is 0.182. The Hall–Kier alpha value is -3.07. The third kappa shape index (κ3) is 2.76. The quantitative estimate of drug-likeness (QED) is 0.644. The Kier molecular flexibility index (Phi) is 4.43. The average molecular weight is 422 g/mol. The number of hydrogen-bond donors (Lipinski definition) is 0. The normalized spacial score (nSPS) is 17.9. The molecule has 7 nitrogen and oxygen atoms in total. The highest BCUT2D eigenvalue weighted by Gasteiger charge is 2.55. The third-order valence-corrected chi connectivity index (χ3v) is 7.00. The summed E-state index contributed by atoms with van der Waals surface area (Å²) in [4.78, 5) is 19.2. The van der Waals surface area contributed by atoms with Crippen molar-refractivity contribution in [2.45, 2.75) is 22.0 Å². The fourth-order valence-electron chi connectivity index (χ4n) is 3.81. The molecule has 0 unspecified atom stereocenters. The Labute approximate surface area is 173 Å². The van der Waals surface area contributed by atoms with Crippen molar-refractivity contribution in [2.75, 3.05) is 18.1 Å². The molecule has 2 aliphatic heterocycles. The molecule has 152 valence electrons. The van der Waals surface area contributed by atoms with E-state index in [9.17, 15) is 13.2 Å². The van der Waals surface area contributed by atoms with Crippen LogP contribution in [0.15, 0.2) is 82.8 Å². The van der Waals surface area contributed by atoms with Crippen molar-refractivity contribution in [3.8, 4) is 0 Å². The van der Waals surface area contributed by atoms with Crippen LogP contribution in [-0.4, -0.2) is 32.5 Å². The zero-order chi connectivity index (χ0) is 20.8. The van der Waals surface area contributed by atoms with Crippen molar-refractivity contribution in [1.29, 1.82) is 0 Å². The first-order valence-corrected chi connectivity index (χ1v) is 11.0. The van der Waals surface area contributed by atoms with Crippen molar-refractivity contribution in [3.05, 3.63) is 78.6 Å². The second-order valence-corrected chi connectivity index (χ2v) is 8.96. The summed E-state index contributed by atoms with van der Waals surface area (Å²) in [5.74, 6) is -2.06. The van der Waals surface area contributed by atoms with Gasteiger partial charge in [0.05, 0.1) is 34.4 Å². The highest BCUT2D eigenvalue weighted by atomic mass is 32.2. The lowest BCUT2D eigenvalue weighted by Crippen LogP contribution is -2.46. The minimum absolute atomic E-state index is 0.0778. The van der Waals surface area contributed by atoms with Gasteiger partial charge >= 0.3 is 0 Å². The summed E-state index contributed by atoms with van der Waals surface area (Å²) in [5.41, 5.74) is 1.52. The lowest BCUT2D eigenvalue weighted by atomic mass is 10.1. The first kappa shape index (κ1) is 18.9. The number of aromatic nitrogens is 1. The molecule has 0 bridgehead atoms. The van der Waals surface area contributed by atoms with Crippen LogP contribution in [0.5, 0.6) is 0 Å². The van der Waals surface area contributed by atoms with Gasteiger partial charge in [-0.2, -0.15) is 0 Å². The summed E-state index contributed by atoms with van der Waals surface area (Å²) >= 11 is 0. The Morgan fingerprint density at radius 3 is 2.30 bits per heavy atom. The van der Waals surface area contributed by atoms with Gasteiger partial charge in [-0.25, -0.2) is 8.42 Å². The summed E-state index contributed by atoms with van der Waals surface area (Å²) < 4.78 is 38.0. The van der Waals surface area contributed by atoms with E-state index in [1.807, 2.05) is 0 Å². The monoisotopic (exact) mass is 422 g/mol. The molecule has 8 heteroatoms. The molecule has 1 fully saturated rings. The van der Waals surface area contributed by atoms with Crippen molar-refractivity contribution < 1.29 is 22.7 Å². The third-order valence-electron chi connectivity index (χ3n) is 5.23. The highest BCUT2D eigenvalue weighted by Crippen LogP contribution is 2.49. The second kappa shape index (κ2) is 7.02. The number of carbonyl (C=O) groups excluding carboxylic acids is 1. The summed E-state index contributed by atoms with van der Waals surface area (Å²) in [6.45, 7) is 0.677. The van der Waals surface area contributed by atoms with E-state index in [0.29, 0.717) is 36.6 Å². The van der Waals surface area contributed by atoms with E-state index in [4.69, 9.17) is 9.47 Å². The molecule has 0 N–H and O–H groups in total. The van der Waals surface area contributed by atoms with Gasteiger partial charge in [-0.05, 0) is 48.9 Å². The Morgan fingerprint density at radius 2 is 1.60 bits per heavy atom. The maximum atomic E-state index is 13.5. The molecular formula is C22H18N2O5S. The van der Waals surface area contributed by atoms with E-state index in [1.54, 1.807) is 60.9 Å². The summed E-state index contributed by atoms with van der Waals surface area (Å²) in [5, 5.41) is 0. The fourth-order valence-corrected chi connectivity index (χ4v) is 5.12. The molecule has 1 amide bonds. The van der Waals surface area contributed by atoms with E-state index < -0.39 is 21.5 Å². The minimum Gasteiger partial charge on any atom is -0.338 e. The molecule has 0 atom stereocenters. The zero-order valence-corrected chi connectivity index (χ0v) is 16.7. The smallest absolute Gasteiger partial charge is 0.297 e. The van der Waals surface area contributed by atoms with Crippen molar-refractivity contribution >= 4 is 27.1 Å². The Balaban J connectivity index is 1.70. The number of ether oxygens (including phenoxy) is 2. The topological polar surface area (TPSA) is 85.8 Å². The number of hydrogen-bond acceptors (Lipinski definition) is 6. The molecule has 0 aliphatic carbocycles. The molecule has 0 saturated carbocycles. The maximum Gasteiger partial charge on any atom is 0.297 e. The van der Waals surface area contributed by atoms with E-state index in [2.05, 4.69) is 4.98 Å². The number of anilines is 2. The van der Waals surface area contributed by atoms with Crippen LogP contribution in [0.4, 0.5) is 11.4 Å². The van der Waals surface area contributed by atoms with Gasteiger partial charge in [0.1, 0.15) is 0 Å². The number of nitrogens with zero attached hydrogens (tertiary/aromatic N) is 2. The van der Waals surface area contributed by atoms with Gasteiger partial charge in [-0.1, -0.05) is 18.2 Å². The van der Waals surface area contributed by atoms with Gasteiger partial charge in [0.25, 0.3) is 11.7 Å². The lowest BCUT2D eigenvalue weighted by molar-refractivity contribution is -0.256. The predicted molar refractivity (Wildman–Crippen MR) is 108 cm³/mol. The number of rotatable bonds is 3. The molecule has 3 aromatic rings. The van der Waals surface area contributed by atoms with Crippen LogP contribution in [-0.2, 0) is 29.9 Å². The van der Waals surface area contributed by atoms with Crippen molar-refractivity contribution in [3.63, 3.8) is 0 Å². The maximum absolute atomic E-state index is 13.5. The van der Waals surface area contributed by atoms with Gasteiger partial charge in [-0.15, -0.1) is 0 Å². The summed E-state index contributed by atoms with van der Waals surface area (Å²) in [6.07, 6.45) is 3.83. The Morgan fingerprint density at radius 1 is 0.900 bits per heavy atom. The van der Waals surface area contributed by atoms with E-state index >= 15 is 0 Å². The number of amides is 1. The Bertz CT molecular complexity index is 1210. The van der Waals surface area contributed by atoms with Crippen LogP contribution >= 0.6 is 0 Å². The van der Waals surface area contributed by atoms with Crippen molar-refractivity contribution in [1.82, 2.24) is 4.98 Å². The molecule has 5 rings (SSSR count). The van der Waals surface area contributed by atoms with E-state index in [0.717, 1.165) is 0 Å².